The lowest BCUT2D eigenvalue weighted by atomic mass is 9.91. The summed E-state index contributed by atoms with van der Waals surface area (Å²) >= 11 is 0. The molecule has 0 amide bonds. The first-order valence-corrected chi connectivity index (χ1v) is 6.32. The lowest BCUT2D eigenvalue weighted by Crippen LogP contribution is -2.16. The minimum Gasteiger partial charge on any atom is -0.496 e. The third kappa shape index (κ3) is 3.37. The summed E-state index contributed by atoms with van der Waals surface area (Å²) < 4.78 is 32.2. The predicted molar refractivity (Wildman–Crippen MR) is 73.4 cm³/mol. The van der Waals surface area contributed by atoms with Crippen molar-refractivity contribution in [2.75, 3.05) is 7.11 Å². The van der Waals surface area contributed by atoms with Crippen LogP contribution in [0.4, 0.5) is 8.78 Å². The van der Waals surface area contributed by atoms with Crippen LogP contribution in [-0.2, 0) is 11.2 Å². The SMILES string of the molecule is COc1ccc(F)cc1C(Cc1ccccc1F)C(=O)O. The van der Waals surface area contributed by atoms with E-state index in [9.17, 15) is 18.7 Å². The van der Waals surface area contributed by atoms with Crippen molar-refractivity contribution >= 4 is 5.97 Å². The van der Waals surface area contributed by atoms with E-state index in [1.807, 2.05) is 0 Å². The van der Waals surface area contributed by atoms with Gasteiger partial charge in [0.25, 0.3) is 0 Å². The van der Waals surface area contributed by atoms with Crippen LogP contribution >= 0.6 is 0 Å². The number of benzene rings is 2. The highest BCUT2D eigenvalue weighted by atomic mass is 19.1. The summed E-state index contributed by atoms with van der Waals surface area (Å²) in [5.74, 6) is -3.04. The molecule has 0 saturated carbocycles. The number of carbonyl (C=O) groups is 1. The standard InChI is InChI=1S/C16H14F2O3/c1-21-15-7-6-11(17)9-12(15)13(16(19)20)8-10-4-2-3-5-14(10)18/h2-7,9,13H,8H2,1H3,(H,19,20). The Balaban J connectivity index is 2.43. The first kappa shape index (κ1) is 15.0. The maximum Gasteiger partial charge on any atom is 0.311 e. The summed E-state index contributed by atoms with van der Waals surface area (Å²) in [4.78, 5) is 11.5. The lowest BCUT2D eigenvalue weighted by molar-refractivity contribution is -0.138. The van der Waals surface area contributed by atoms with Gasteiger partial charge in [-0.05, 0) is 36.2 Å². The molecule has 2 rings (SSSR count). The van der Waals surface area contributed by atoms with E-state index in [-0.39, 0.29) is 23.3 Å². The fourth-order valence-electron chi connectivity index (χ4n) is 2.19. The molecular weight excluding hydrogens is 278 g/mol. The van der Waals surface area contributed by atoms with Gasteiger partial charge in [0.15, 0.2) is 0 Å². The van der Waals surface area contributed by atoms with Crippen molar-refractivity contribution in [2.24, 2.45) is 0 Å². The third-order valence-electron chi connectivity index (χ3n) is 3.25. The molecule has 0 aliphatic heterocycles. The number of hydrogen-bond donors (Lipinski definition) is 1. The number of ether oxygens (including phenoxy) is 1. The number of carboxylic acids is 1. The zero-order valence-corrected chi connectivity index (χ0v) is 11.3. The number of methoxy groups -OCH3 is 1. The Kier molecular flexibility index (Phi) is 4.52. The number of aliphatic carboxylic acids is 1. The molecule has 0 radical (unpaired) electrons. The Hall–Kier alpha value is -2.43. The van der Waals surface area contributed by atoms with Crippen molar-refractivity contribution in [3.63, 3.8) is 0 Å². The van der Waals surface area contributed by atoms with Gasteiger partial charge in [-0.1, -0.05) is 18.2 Å². The molecule has 1 N–H and O–H groups in total. The van der Waals surface area contributed by atoms with Crippen LogP contribution in [0.5, 0.6) is 5.75 Å². The Bertz CT molecular complexity index is 656. The fraction of sp³-hybridized carbons (Fsp3) is 0.188. The molecule has 0 saturated heterocycles. The van der Waals surface area contributed by atoms with Gasteiger partial charge in [0.05, 0.1) is 13.0 Å². The van der Waals surface area contributed by atoms with Gasteiger partial charge in [-0.2, -0.15) is 0 Å². The van der Waals surface area contributed by atoms with E-state index in [1.165, 1.54) is 37.4 Å². The second-order valence-corrected chi connectivity index (χ2v) is 4.57. The second-order valence-electron chi connectivity index (χ2n) is 4.57. The number of carboxylic acid groups (broad SMARTS) is 1. The molecular formula is C16H14F2O3. The van der Waals surface area contributed by atoms with Crippen molar-refractivity contribution < 1.29 is 23.4 Å². The smallest absolute Gasteiger partial charge is 0.311 e. The molecule has 2 aromatic rings. The number of halogens is 2. The van der Waals surface area contributed by atoms with E-state index >= 15 is 0 Å². The average molecular weight is 292 g/mol. The zero-order valence-electron chi connectivity index (χ0n) is 11.3. The molecule has 5 heteroatoms. The van der Waals surface area contributed by atoms with Crippen LogP contribution in [0.2, 0.25) is 0 Å². The van der Waals surface area contributed by atoms with Crippen LogP contribution in [-0.4, -0.2) is 18.2 Å². The first-order chi connectivity index (χ1) is 10.0. The molecule has 0 bridgehead atoms. The minimum absolute atomic E-state index is 0.0815. The number of rotatable bonds is 5. The maximum absolute atomic E-state index is 13.7. The quantitative estimate of drug-likeness (QED) is 0.919. The molecule has 0 heterocycles. The summed E-state index contributed by atoms with van der Waals surface area (Å²) in [6.07, 6.45) is -0.0815. The second kappa shape index (κ2) is 6.35. The van der Waals surface area contributed by atoms with Gasteiger partial charge in [-0.25, -0.2) is 8.78 Å². The molecule has 1 atom stereocenters. The maximum atomic E-state index is 13.7. The van der Waals surface area contributed by atoms with Gasteiger partial charge < -0.3 is 9.84 Å². The first-order valence-electron chi connectivity index (χ1n) is 6.32. The molecule has 3 nitrogen and oxygen atoms in total. The van der Waals surface area contributed by atoms with Crippen LogP contribution in [0, 0.1) is 11.6 Å². The van der Waals surface area contributed by atoms with E-state index in [1.54, 1.807) is 6.07 Å². The summed E-state index contributed by atoms with van der Waals surface area (Å²) in [6, 6.07) is 9.58. The van der Waals surface area contributed by atoms with Crippen LogP contribution in [0.15, 0.2) is 42.5 Å². The summed E-state index contributed by atoms with van der Waals surface area (Å²) in [6.45, 7) is 0. The summed E-state index contributed by atoms with van der Waals surface area (Å²) in [5.41, 5.74) is 0.449. The van der Waals surface area contributed by atoms with Gasteiger partial charge in [0, 0.05) is 5.56 Å². The lowest BCUT2D eigenvalue weighted by Gasteiger charge is -2.16. The molecule has 21 heavy (non-hydrogen) atoms. The molecule has 2 aromatic carbocycles. The van der Waals surface area contributed by atoms with Gasteiger partial charge in [-0.15, -0.1) is 0 Å². The van der Waals surface area contributed by atoms with E-state index in [0.717, 1.165) is 6.07 Å². The summed E-state index contributed by atoms with van der Waals surface area (Å²) in [7, 11) is 1.37. The highest BCUT2D eigenvalue weighted by Gasteiger charge is 2.25. The van der Waals surface area contributed by atoms with Crippen molar-refractivity contribution in [3.05, 3.63) is 65.2 Å². The topological polar surface area (TPSA) is 46.5 Å². The van der Waals surface area contributed by atoms with Gasteiger partial charge >= 0.3 is 5.97 Å². The Labute approximate surface area is 120 Å². The van der Waals surface area contributed by atoms with Crippen LogP contribution in [0.1, 0.15) is 17.0 Å². The van der Waals surface area contributed by atoms with Gasteiger partial charge in [0.2, 0.25) is 0 Å². The Morgan fingerprint density at radius 3 is 2.57 bits per heavy atom. The molecule has 110 valence electrons. The van der Waals surface area contributed by atoms with Crippen LogP contribution in [0.25, 0.3) is 0 Å². The normalized spacial score (nSPS) is 12.0. The fourth-order valence-corrected chi connectivity index (χ4v) is 2.19. The van der Waals surface area contributed by atoms with Crippen molar-refractivity contribution in [1.82, 2.24) is 0 Å². The molecule has 0 spiro atoms. The van der Waals surface area contributed by atoms with Crippen LogP contribution in [0.3, 0.4) is 0 Å². The Morgan fingerprint density at radius 2 is 1.95 bits per heavy atom. The highest BCUT2D eigenvalue weighted by molar-refractivity contribution is 5.77. The van der Waals surface area contributed by atoms with Gasteiger partial charge in [0.1, 0.15) is 17.4 Å². The average Bonchev–Trinajstić information content (AvgIpc) is 2.46. The monoisotopic (exact) mass is 292 g/mol. The third-order valence-corrected chi connectivity index (χ3v) is 3.25. The van der Waals surface area contributed by atoms with E-state index in [4.69, 9.17) is 4.74 Å². The van der Waals surface area contributed by atoms with Crippen molar-refractivity contribution in [1.29, 1.82) is 0 Å². The zero-order chi connectivity index (χ0) is 15.4. The molecule has 1 unspecified atom stereocenters. The number of hydrogen-bond acceptors (Lipinski definition) is 2. The van der Waals surface area contributed by atoms with Crippen LogP contribution < -0.4 is 4.74 Å². The highest BCUT2D eigenvalue weighted by Crippen LogP contribution is 2.31. The van der Waals surface area contributed by atoms with E-state index in [0.29, 0.717) is 0 Å². The van der Waals surface area contributed by atoms with E-state index in [2.05, 4.69) is 0 Å². The molecule has 0 aromatic heterocycles. The van der Waals surface area contributed by atoms with Gasteiger partial charge in [-0.3, -0.25) is 4.79 Å². The largest absolute Gasteiger partial charge is 0.496 e. The molecule has 0 fully saturated rings. The summed E-state index contributed by atoms with van der Waals surface area (Å²) in [5, 5.41) is 9.39. The minimum atomic E-state index is -1.16. The van der Waals surface area contributed by atoms with Crippen molar-refractivity contribution in [3.8, 4) is 5.75 Å². The molecule has 0 aliphatic rings. The Morgan fingerprint density at radius 1 is 1.24 bits per heavy atom. The predicted octanol–water partition coefficient (Wildman–Crippen LogP) is 3.38. The van der Waals surface area contributed by atoms with Crippen molar-refractivity contribution in [2.45, 2.75) is 12.3 Å². The molecule has 0 aliphatic carbocycles. The van der Waals surface area contributed by atoms with E-state index < -0.39 is 23.5 Å².